The Bertz CT molecular complexity index is 548. The summed E-state index contributed by atoms with van der Waals surface area (Å²) in [6.07, 6.45) is 1.36. The van der Waals surface area contributed by atoms with Gasteiger partial charge in [-0.15, -0.1) is 0 Å². The van der Waals surface area contributed by atoms with Crippen LogP contribution in [0.2, 0.25) is 0 Å². The standard InChI is InChI=1S/C14H13FO4/c1-3-8(2)11(14(18)19)6-9-4-5-10(13(16)17)12(15)7-9/h3-5,7,11H,1-2,6H2,(H,16,17)(H,18,19). The van der Waals surface area contributed by atoms with Crippen molar-refractivity contribution in [3.05, 3.63) is 60.0 Å². The first kappa shape index (κ1) is 14.6. The highest BCUT2D eigenvalue weighted by Gasteiger charge is 2.20. The lowest BCUT2D eigenvalue weighted by atomic mass is 9.92. The number of halogens is 1. The van der Waals surface area contributed by atoms with Crippen molar-refractivity contribution in [3.63, 3.8) is 0 Å². The maximum absolute atomic E-state index is 13.5. The number of hydrogen-bond donors (Lipinski definition) is 2. The number of aliphatic carboxylic acids is 1. The molecule has 1 aromatic rings. The molecule has 19 heavy (non-hydrogen) atoms. The zero-order valence-corrected chi connectivity index (χ0v) is 10.1. The van der Waals surface area contributed by atoms with Crippen LogP contribution >= 0.6 is 0 Å². The van der Waals surface area contributed by atoms with Crippen LogP contribution in [-0.2, 0) is 11.2 Å². The third kappa shape index (κ3) is 3.51. The largest absolute Gasteiger partial charge is 0.481 e. The molecule has 0 aliphatic heterocycles. The maximum Gasteiger partial charge on any atom is 0.338 e. The van der Waals surface area contributed by atoms with E-state index in [1.165, 1.54) is 12.1 Å². The Hall–Kier alpha value is -2.43. The maximum atomic E-state index is 13.5. The van der Waals surface area contributed by atoms with Crippen LogP contribution in [0.5, 0.6) is 0 Å². The van der Waals surface area contributed by atoms with Crippen molar-refractivity contribution in [2.24, 2.45) is 5.92 Å². The average molecular weight is 264 g/mol. The lowest BCUT2D eigenvalue weighted by molar-refractivity contribution is -0.140. The van der Waals surface area contributed by atoms with Gasteiger partial charge in [0, 0.05) is 0 Å². The number of carbonyl (C=O) groups is 2. The molecule has 1 aromatic carbocycles. The van der Waals surface area contributed by atoms with Crippen LogP contribution in [0.25, 0.3) is 0 Å². The molecule has 1 unspecified atom stereocenters. The monoisotopic (exact) mass is 264 g/mol. The van der Waals surface area contributed by atoms with Crippen LogP contribution in [0.15, 0.2) is 43.0 Å². The minimum absolute atomic E-state index is 0.0248. The molecule has 1 rings (SSSR count). The first-order valence-electron chi connectivity index (χ1n) is 5.42. The van der Waals surface area contributed by atoms with Crippen molar-refractivity contribution >= 4 is 11.9 Å². The van der Waals surface area contributed by atoms with Gasteiger partial charge >= 0.3 is 11.9 Å². The van der Waals surface area contributed by atoms with E-state index in [1.54, 1.807) is 0 Å². The number of hydrogen-bond acceptors (Lipinski definition) is 2. The third-order valence-electron chi connectivity index (χ3n) is 2.71. The highest BCUT2D eigenvalue weighted by molar-refractivity contribution is 5.88. The molecule has 1 atom stereocenters. The average Bonchev–Trinajstić information content (AvgIpc) is 2.34. The number of allylic oxidation sites excluding steroid dienone is 1. The molecule has 0 amide bonds. The third-order valence-corrected chi connectivity index (χ3v) is 2.71. The van der Waals surface area contributed by atoms with Gasteiger partial charge in [0.15, 0.2) is 0 Å². The zero-order valence-electron chi connectivity index (χ0n) is 10.1. The Morgan fingerprint density at radius 3 is 2.42 bits per heavy atom. The fourth-order valence-corrected chi connectivity index (χ4v) is 1.61. The number of carboxylic acids is 2. The predicted molar refractivity (Wildman–Crippen MR) is 67.5 cm³/mol. The summed E-state index contributed by atoms with van der Waals surface area (Å²) in [5.74, 6) is -4.26. The number of aromatic carboxylic acids is 1. The van der Waals surface area contributed by atoms with Gasteiger partial charge in [-0.1, -0.05) is 25.3 Å². The Morgan fingerprint density at radius 2 is 2.00 bits per heavy atom. The van der Waals surface area contributed by atoms with Crippen LogP contribution < -0.4 is 0 Å². The summed E-state index contributed by atoms with van der Waals surface area (Å²) in [4.78, 5) is 21.7. The minimum Gasteiger partial charge on any atom is -0.481 e. The molecule has 0 saturated carbocycles. The highest BCUT2D eigenvalue weighted by atomic mass is 19.1. The molecule has 0 heterocycles. The summed E-state index contributed by atoms with van der Waals surface area (Å²) in [5.41, 5.74) is 0.256. The van der Waals surface area contributed by atoms with Gasteiger partial charge in [-0.25, -0.2) is 9.18 Å². The second-order valence-corrected chi connectivity index (χ2v) is 3.99. The summed E-state index contributed by atoms with van der Waals surface area (Å²) in [6.45, 7) is 7.02. The molecular weight excluding hydrogens is 251 g/mol. The van der Waals surface area contributed by atoms with Gasteiger partial charge < -0.3 is 10.2 Å². The fourth-order valence-electron chi connectivity index (χ4n) is 1.61. The summed E-state index contributed by atoms with van der Waals surface area (Å²) in [7, 11) is 0. The molecule has 0 aromatic heterocycles. The summed E-state index contributed by atoms with van der Waals surface area (Å²) < 4.78 is 13.5. The van der Waals surface area contributed by atoms with Crippen LogP contribution in [0.4, 0.5) is 4.39 Å². The lowest BCUT2D eigenvalue weighted by Crippen LogP contribution is -2.18. The first-order valence-corrected chi connectivity index (χ1v) is 5.42. The van der Waals surface area contributed by atoms with E-state index in [0.29, 0.717) is 11.1 Å². The second kappa shape index (κ2) is 5.95. The summed E-state index contributed by atoms with van der Waals surface area (Å²) in [6, 6.07) is 3.52. The van der Waals surface area contributed by atoms with E-state index < -0.39 is 29.2 Å². The van der Waals surface area contributed by atoms with Crippen molar-refractivity contribution in [1.82, 2.24) is 0 Å². The van der Waals surface area contributed by atoms with E-state index in [2.05, 4.69) is 13.2 Å². The quantitative estimate of drug-likeness (QED) is 0.774. The van der Waals surface area contributed by atoms with Crippen molar-refractivity contribution < 1.29 is 24.2 Å². The Kier molecular flexibility index (Phi) is 4.58. The van der Waals surface area contributed by atoms with Crippen LogP contribution in [0.1, 0.15) is 15.9 Å². The van der Waals surface area contributed by atoms with Crippen LogP contribution in [-0.4, -0.2) is 22.2 Å². The first-order chi connectivity index (χ1) is 8.86. The van der Waals surface area contributed by atoms with Crippen LogP contribution in [0, 0.1) is 11.7 Å². The molecule has 100 valence electrons. The summed E-state index contributed by atoms with van der Waals surface area (Å²) in [5, 5.41) is 17.7. The lowest BCUT2D eigenvalue weighted by Gasteiger charge is -2.12. The fraction of sp³-hybridized carbons (Fsp3) is 0.143. The zero-order chi connectivity index (χ0) is 14.6. The van der Waals surface area contributed by atoms with E-state index in [1.807, 2.05) is 0 Å². The van der Waals surface area contributed by atoms with Gasteiger partial charge in [0.25, 0.3) is 0 Å². The molecule has 0 spiro atoms. The van der Waals surface area contributed by atoms with E-state index >= 15 is 0 Å². The SMILES string of the molecule is C=CC(=C)C(Cc1ccc(C(=O)O)c(F)c1)C(=O)O. The molecule has 0 fully saturated rings. The van der Waals surface area contributed by atoms with E-state index in [4.69, 9.17) is 10.2 Å². The van der Waals surface area contributed by atoms with Crippen molar-refractivity contribution in [2.45, 2.75) is 6.42 Å². The van der Waals surface area contributed by atoms with Crippen LogP contribution in [0.3, 0.4) is 0 Å². The second-order valence-electron chi connectivity index (χ2n) is 3.99. The number of carboxylic acid groups (broad SMARTS) is 2. The molecule has 0 radical (unpaired) electrons. The number of benzene rings is 1. The molecule has 4 nitrogen and oxygen atoms in total. The Labute approximate surface area is 109 Å². The van der Waals surface area contributed by atoms with Gasteiger partial charge in [0.2, 0.25) is 0 Å². The Morgan fingerprint density at radius 1 is 1.37 bits per heavy atom. The molecule has 2 N–H and O–H groups in total. The van der Waals surface area contributed by atoms with E-state index in [0.717, 1.165) is 12.1 Å². The molecule has 5 heteroatoms. The topological polar surface area (TPSA) is 74.6 Å². The summed E-state index contributed by atoms with van der Waals surface area (Å²) >= 11 is 0. The highest BCUT2D eigenvalue weighted by Crippen LogP contribution is 2.19. The number of rotatable bonds is 6. The van der Waals surface area contributed by atoms with Gasteiger partial charge in [-0.05, 0) is 29.7 Å². The normalized spacial score (nSPS) is 11.6. The predicted octanol–water partition coefficient (Wildman–Crippen LogP) is 2.51. The van der Waals surface area contributed by atoms with Gasteiger partial charge in [-0.3, -0.25) is 4.79 Å². The van der Waals surface area contributed by atoms with Gasteiger partial charge in [-0.2, -0.15) is 0 Å². The van der Waals surface area contributed by atoms with Gasteiger partial charge in [0.1, 0.15) is 5.82 Å². The van der Waals surface area contributed by atoms with Crippen molar-refractivity contribution in [3.8, 4) is 0 Å². The molecular formula is C14H13FO4. The van der Waals surface area contributed by atoms with E-state index in [-0.39, 0.29) is 6.42 Å². The van der Waals surface area contributed by atoms with E-state index in [9.17, 15) is 14.0 Å². The van der Waals surface area contributed by atoms with Crippen molar-refractivity contribution in [1.29, 1.82) is 0 Å². The van der Waals surface area contributed by atoms with Gasteiger partial charge in [0.05, 0.1) is 11.5 Å². The molecule has 0 aliphatic rings. The smallest absolute Gasteiger partial charge is 0.338 e. The molecule has 0 aliphatic carbocycles. The molecule has 0 saturated heterocycles. The molecule has 0 bridgehead atoms. The minimum atomic E-state index is -1.37. The Balaban J connectivity index is 3.01. The van der Waals surface area contributed by atoms with Crippen molar-refractivity contribution in [2.75, 3.05) is 0 Å².